The normalized spacial score (nSPS) is 18.8. The summed E-state index contributed by atoms with van der Waals surface area (Å²) in [7, 11) is -6.75. The van der Waals surface area contributed by atoms with E-state index in [4.69, 9.17) is 4.74 Å². The molecule has 1 saturated heterocycles. The van der Waals surface area contributed by atoms with E-state index in [1.165, 1.54) is 24.3 Å². The molecular formula is C20H24N2O6S2. The molecule has 0 aliphatic carbocycles. The molecule has 0 N–H and O–H groups in total. The van der Waals surface area contributed by atoms with Crippen LogP contribution in [0.25, 0.3) is 0 Å². The molecule has 0 bridgehead atoms. The summed E-state index contributed by atoms with van der Waals surface area (Å²) in [5.41, 5.74) is 1.81. The molecule has 1 atom stereocenters. The van der Waals surface area contributed by atoms with Crippen molar-refractivity contribution < 1.29 is 26.4 Å². The predicted molar refractivity (Wildman–Crippen MR) is 111 cm³/mol. The highest BCUT2D eigenvalue weighted by molar-refractivity contribution is 7.89. The number of methoxy groups -OCH3 is 1. The van der Waals surface area contributed by atoms with E-state index in [1.54, 1.807) is 24.3 Å². The van der Waals surface area contributed by atoms with E-state index < -0.39 is 32.1 Å². The van der Waals surface area contributed by atoms with Crippen molar-refractivity contribution in [1.29, 1.82) is 0 Å². The van der Waals surface area contributed by atoms with Crippen molar-refractivity contribution in [3.05, 3.63) is 59.7 Å². The van der Waals surface area contributed by atoms with Crippen molar-refractivity contribution >= 4 is 26.0 Å². The van der Waals surface area contributed by atoms with Crippen LogP contribution in [-0.4, -0.2) is 64.2 Å². The van der Waals surface area contributed by atoms with Crippen LogP contribution in [-0.2, 0) is 29.6 Å². The summed E-state index contributed by atoms with van der Waals surface area (Å²) < 4.78 is 59.3. The third kappa shape index (κ3) is 4.27. The largest absolute Gasteiger partial charge is 0.468 e. The molecule has 8 nitrogen and oxygen atoms in total. The first-order chi connectivity index (χ1) is 14.1. The van der Waals surface area contributed by atoms with Crippen LogP contribution in [0.4, 0.5) is 0 Å². The van der Waals surface area contributed by atoms with Gasteiger partial charge in [-0.15, -0.1) is 0 Å². The summed E-state index contributed by atoms with van der Waals surface area (Å²) in [5, 5.41) is 0. The van der Waals surface area contributed by atoms with Crippen LogP contribution >= 0.6 is 0 Å². The lowest BCUT2D eigenvalue weighted by Gasteiger charge is -2.38. The lowest BCUT2D eigenvalue weighted by atomic mass is 10.2. The first-order valence-corrected chi connectivity index (χ1v) is 12.2. The summed E-state index contributed by atoms with van der Waals surface area (Å²) in [6.45, 7) is 3.12. The quantitative estimate of drug-likeness (QED) is 0.638. The molecule has 2 aromatic carbocycles. The number of esters is 1. The number of benzene rings is 2. The molecule has 3 rings (SSSR count). The van der Waals surface area contributed by atoms with Gasteiger partial charge in [0.2, 0.25) is 20.0 Å². The fourth-order valence-corrected chi connectivity index (χ4v) is 6.28. The number of ether oxygens (including phenoxy) is 1. The molecule has 0 spiro atoms. The summed E-state index contributed by atoms with van der Waals surface area (Å²) in [4.78, 5) is 12.5. The van der Waals surface area contributed by atoms with E-state index >= 15 is 0 Å². The van der Waals surface area contributed by atoms with Crippen molar-refractivity contribution in [2.45, 2.75) is 29.7 Å². The smallest absolute Gasteiger partial charge is 0.325 e. The second kappa shape index (κ2) is 8.46. The Morgan fingerprint density at radius 1 is 0.833 bits per heavy atom. The molecule has 1 heterocycles. The van der Waals surface area contributed by atoms with Crippen LogP contribution in [0.1, 0.15) is 11.1 Å². The Hall–Kier alpha value is -2.27. The van der Waals surface area contributed by atoms with Gasteiger partial charge in [0, 0.05) is 19.6 Å². The minimum Gasteiger partial charge on any atom is -0.468 e. The van der Waals surface area contributed by atoms with Gasteiger partial charge >= 0.3 is 5.97 Å². The molecule has 10 heteroatoms. The third-order valence-corrected chi connectivity index (χ3v) is 8.86. The van der Waals surface area contributed by atoms with E-state index in [9.17, 15) is 21.6 Å². The Morgan fingerprint density at radius 2 is 1.30 bits per heavy atom. The molecule has 30 heavy (non-hydrogen) atoms. The van der Waals surface area contributed by atoms with Crippen LogP contribution in [0, 0.1) is 13.8 Å². The maximum absolute atomic E-state index is 13.1. The van der Waals surface area contributed by atoms with Gasteiger partial charge in [0.15, 0.2) is 0 Å². The van der Waals surface area contributed by atoms with Crippen molar-refractivity contribution in [3.63, 3.8) is 0 Å². The minimum atomic E-state index is -4.01. The zero-order valence-corrected chi connectivity index (χ0v) is 18.6. The van der Waals surface area contributed by atoms with E-state index in [0.717, 1.165) is 26.8 Å². The van der Waals surface area contributed by atoms with E-state index in [1.807, 2.05) is 13.8 Å². The van der Waals surface area contributed by atoms with Crippen molar-refractivity contribution in [1.82, 2.24) is 8.61 Å². The number of rotatable bonds is 5. The Labute approximate surface area is 177 Å². The minimum absolute atomic E-state index is 0.0387. The standard InChI is InChI=1S/C20H24N2O6S2/c1-15-4-8-17(9-5-15)29(24,25)21-12-13-22(19(14-21)20(23)28-3)30(26,27)18-10-6-16(2)7-11-18/h4-11,19H,12-14H2,1-3H3/t19-/m0/s1. The van der Waals surface area contributed by atoms with Gasteiger partial charge in [0.1, 0.15) is 6.04 Å². The summed E-state index contributed by atoms with van der Waals surface area (Å²) >= 11 is 0. The van der Waals surface area contributed by atoms with Crippen LogP contribution < -0.4 is 0 Å². The summed E-state index contributed by atoms with van der Waals surface area (Å²) in [5.74, 6) is -0.811. The fraction of sp³-hybridized carbons (Fsp3) is 0.350. The lowest BCUT2D eigenvalue weighted by molar-refractivity contribution is -0.146. The SMILES string of the molecule is COC(=O)[C@@H]1CN(S(=O)(=O)c2ccc(C)cc2)CCN1S(=O)(=O)c1ccc(C)cc1. The van der Waals surface area contributed by atoms with Gasteiger partial charge in [0.05, 0.1) is 16.9 Å². The Kier molecular flexibility index (Phi) is 6.32. The predicted octanol–water partition coefficient (Wildman–Crippen LogP) is 1.54. The van der Waals surface area contributed by atoms with E-state index in [-0.39, 0.29) is 29.4 Å². The van der Waals surface area contributed by atoms with Crippen molar-refractivity contribution in [2.24, 2.45) is 0 Å². The first-order valence-electron chi connectivity index (χ1n) is 9.30. The highest BCUT2D eigenvalue weighted by atomic mass is 32.2. The lowest BCUT2D eigenvalue weighted by Crippen LogP contribution is -2.59. The Bertz CT molecular complexity index is 1130. The third-order valence-electron chi connectivity index (χ3n) is 5.05. The van der Waals surface area contributed by atoms with Gasteiger partial charge in [0.25, 0.3) is 0 Å². The molecule has 0 radical (unpaired) electrons. The molecule has 0 aromatic heterocycles. The van der Waals surface area contributed by atoms with Crippen LogP contribution in [0.15, 0.2) is 58.3 Å². The van der Waals surface area contributed by atoms with Crippen molar-refractivity contribution in [2.75, 3.05) is 26.7 Å². The number of nitrogens with zero attached hydrogens (tertiary/aromatic N) is 2. The highest BCUT2D eigenvalue weighted by Crippen LogP contribution is 2.26. The second-order valence-corrected chi connectivity index (χ2v) is 11.0. The topological polar surface area (TPSA) is 101 Å². The van der Waals surface area contributed by atoms with Gasteiger partial charge in [-0.2, -0.15) is 8.61 Å². The molecule has 0 unspecified atom stereocenters. The van der Waals surface area contributed by atoms with Crippen LogP contribution in [0.2, 0.25) is 0 Å². The highest BCUT2D eigenvalue weighted by Gasteiger charge is 2.44. The average Bonchev–Trinajstić information content (AvgIpc) is 2.73. The maximum Gasteiger partial charge on any atom is 0.325 e. The molecule has 1 aliphatic heterocycles. The molecule has 0 saturated carbocycles. The van der Waals surface area contributed by atoms with Gasteiger partial charge in [-0.1, -0.05) is 35.4 Å². The summed E-state index contributed by atoms with van der Waals surface area (Å²) in [6.07, 6.45) is 0. The number of hydrogen-bond donors (Lipinski definition) is 0. The number of sulfonamides is 2. The van der Waals surface area contributed by atoms with Gasteiger partial charge in [-0.3, -0.25) is 4.79 Å². The molecule has 0 amide bonds. The molecule has 1 aliphatic rings. The van der Waals surface area contributed by atoms with Gasteiger partial charge < -0.3 is 4.74 Å². The van der Waals surface area contributed by atoms with Gasteiger partial charge in [-0.05, 0) is 38.1 Å². The molecule has 2 aromatic rings. The maximum atomic E-state index is 13.1. The van der Waals surface area contributed by atoms with Crippen LogP contribution in [0.5, 0.6) is 0 Å². The average molecular weight is 453 g/mol. The van der Waals surface area contributed by atoms with Crippen LogP contribution in [0.3, 0.4) is 0 Å². The number of carbonyl (C=O) groups is 1. The molecule has 162 valence electrons. The number of piperazine rings is 1. The Morgan fingerprint density at radius 3 is 1.77 bits per heavy atom. The fourth-order valence-electron chi connectivity index (χ4n) is 3.28. The van der Waals surface area contributed by atoms with Crippen molar-refractivity contribution in [3.8, 4) is 0 Å². The number of aryl methyl sites for hydroxylation is 2. The number of hydrogen-bond acceptors (Lipinski definition) is 6. The molecule has 1 fully saturated rings. The first kappa shape index (κ1) is 22.4. The monoisotopic (exact) mass is 452 g/mol. The zero-order chi connectivity index (χ0) is 22.1. The van der Waals surface area contributed by atoms with E-state index in [0.29, 0.717) is 0 Å². The molecular weight excluding hydrogens is 428 g/mol. The zero-order valence-electron chi connectivity index (χ0n) is 17.0. The summed E-state index contributed by atoms with van der Waals surface area (Å²) in [6, 6.07) is 11.3. The van der Waals surface area contributed by atoms with Gasteiger partial charge in [-0.25, -0.2) is 16.8 Å². The number of carbonyl (C=O) groups excluding carboxylic acids is 1. The second-order valence-electron chi connectivity index (χ2n) is 7.14. The van der Waals surface area contributed by atoms with E-state index in [2.05, 4.69) is 0 Å². The Balaban J connectivity index is 1.94.